The summed E-state index contributed by atoms with van der Waals surface area (Å²) in [4.78, 5) is 29.8. The van der Waals surface area contributed by atoms with Crippen LogP contribution in [0, 0.1) is 12.7 Å². The summed E-state index contributed by atoms with van der Waals surface area (Å²) in [5, 5.41) is 6.45. The van der Waals surface area contributed by atoms with Crippen LogP contribution in [0.25, 0.3) is 10.2 Å². The van der Waals surface area contributed by atoms with Crippen molar-refractivity contribution in [1.29, 1.82) is 0 Å². The number of aromatic nitrogens is 1. The first-order valence-electron chi connectivity index (χ1n) is 9.66. The van der Waals surface area contributed by atoms with Crippen LogP contribution in [0.4, 0.5) is 10.1 Å². The molecule has 0 radical (unpaired) electrons. The van der Waals surface area contributed by atoms with E-state index in [0.29, 0.717) is 26.3 Å². The fourth-order valence-corrected chi connectivity index (χ4v) is 4.26. The van der Waals surface area contributed by atoms with Gasteiger partial charge in [0.15, 0.2) is 6.61 Å². The molecule has 7 nitrogen and oxygen atoms in total. The van der Waals surface area contributed by atoms with Crippen LogP contribution in [-0.2, 0) is 11.3 Å². The van der Waals surface area contributed by atoms with Crippen molar-refractivity contribution in [3.63, 3.8) is 0 Å². The quantitative estimate of drug-likeness (QED) is 0.497. The number of hydrogen-bond acceptors (Lipinski definition) is 6. The lowest BCUT2D eigenvalue weighted by atomic mass is 10.1. The molecule has 0 atom stereocenters. The fraction of sp³-hybridized carbons (Fsp3) is 0.286. The summed E-state index contributed by atoms with van der Waals surface area (Å²) in [6, 6.07) is 6.04. The number of thiophene rings is 1. The van der Waals surface area contributed by atoms with Gasteiger partial charge in [-0.3, -0.25) is 9.59 Å². The van der Waals surface area contributed by atoms with E-state index < -0.39 is 0 Å². The zero-order valence-corrected chi connectivity index (χ0v) is 18.2. The Hall–Kier alpha value is -2.91. The topological polar surface area (TPSA) is 106 Å². The molecular formula is C21H20ClFN4O3S. The highest BCUT2D eigenvalue weighted by Gasteiger charge is 2.27. The minimum Gasteiger partial charge on any atom is -0.466 e. The number of carbonyl (C=O) groups excluding carboxylic acids is 2. The Morgan fingerprint density at radius 1 is 1.32 bits per heavy atom. The fourth-order valence-electron chi connectivity index (χ4n) is 3.01. The summed E-state index contributed by atoms with van der Waals surface area (Å²) in [6.45, 7) is 1.71. The third-order valence-corrected chi connectivity index (χ3v) is 6.43. The van der Waals surface area contributed by atoms with Gasteiger partial charge in [-0.1, -0.05) is 23.7 Å². The van der Waals surface area contributed by atoms with E-state index in [1.807, 2.05) is 0 Å². The Balaban J connectivity index is 1.45. The maximum absolute atomic E-state index is 12.9. The van der Waals surface area contributed by atoms with Crippen LogP contribution >= 0.6 is 22.9 Å². The van der Waals surface area contributed by atoms with Gasteiger partial charge in [0.05, 0.1) is 5.69 Å². The predicted octanol–water partition coefficient (Wildman–Crippen LogP) is 3.57. The van der Waals surface area contributed by atoms with Crippen molar-refractivity contribution in [2.45, 2.75) is 32.4 Å². The maximum Gasteiger partial charge on any atom is 0.263 e. The first-order valence-corrected chi connectivity index (χ1v) is 10.9. The zero-order chi connectivity index (χ0) is 22.1. The Kier molecular flexibility index (Phi) is 5.97. The summed E-state index contributed by atoms with van der Waals surface area (Å²) in [6.07, 6.45) is 1.95. The van der Waals surface area contributed by atoms with Crippen molar-refractivity contribution in [1.82, 2.24) is 15.6 Å². The van der Waals surface area contributed by atoms with E-state index in [-0.39, 0.29) is 47.7 Å². The van der Waals surface area contributed by atoms with E-state index in [4.69, 9.17) is 22.1 Å². The molecule has 2 heterocycles. The number of ether oxygens (including phenoxy) is 1. The van der Waals surface area contributed by atoms with Gasteiger partial charge in [-0.15, -0.1) is 11.3 Å². The number of carbonyl (C=O) groups is 2. The molecule has 1 fully saturated rings. The van der Waals surface area contributed by atoms with E-state index in [0.717, 1.165) is 29.7 Å². The summed E-state index contributed by atoms with van der Waals surface area (Å²) in [5.74, 6) is -0.845. The Morgan fingerprint density at radius 2 is 2.03 bits per heavy atom. The van der Waals surface area contributed by atoms with Gasteiger partial charge in [-0.25, -0.2) is 9.37 Å². The second kappa shape index (κ2) is 8.68. The number of nitrogen functional groups attached to an aromatic ring is 1. The normalized spacial score (nSPS) is 13.3. The molecule has 4 rings (SSSR count). The molecule has 1 aliphatic rings. The van der Waals surface area contributed by atoms with Crippen molar-refractivity contribution in [3.8, 4) is 5.88 Å². The molecule has 4 N–H and O–H groups in total. The molecule has 162 valence electrons. The van der Waals surface area contributed by atoms with E-state index in [1.54, 1.807) is 19.1 Å². The summed E-state index contributed by atoms with van der Waals surface area (Å²) in [7, 11) is 0. The van der Waals surface area contributed by atoms with Crippen LogP contribution in [-0.4, -0.2) is 29.4 Å². The number of nitrogens with two attached hydrogens (primary N) is 1. The molecule has 1 aliphatic carbocycles. The lowest BCUT2D eigenvalue weighted by molar-refractivity contribution is -0.123. The summed E-state index contributed by atoms with van der Waals surface area (Å²) in [5.41, 5.74) is 7.94. The standard InChI is InChI=1S/C21H20ClFN4O3S/c1-10-15-17(24)18(19(29)26-13-6-7-13)31-21(15)27-20(16(10)22)30-9-14(28)25-8-11-2-4-12(23)5-3-11/h2-5,13H,6-9,24H2,1H3,(H,25,28)(H,26,29). The Labute approximate surface area is 186 Å². The number of hydrogen-bond donors (Lipinski definition) is 3. The van der Waals surface area contributed by atoms with Gasteiger partial charge in [0.25, 0.3) is 11.8 Å². The van der Waals surface area contributed by atoms with Gasteiger partial charge in [-0.2, -0.15) is 0 Å². The number of nitrogens with one attached hydrogen (secondary N) is 2. The maximum atomic E-state index is 12.9. The lowest BCUT2D eigenvalue weighted by Crippen LogP contribution is -2.28. The predicted molar refractivity (Wildman–Crippen MR) is 118 cm³/mol. The van der Waals surface area contributed by atoms with Gasteiger partial charge in [0.1, 0.15) is 20.5 Å². The Bertz CT molecular complexity index is 1160. The van der Waals surface area contributed by atoms with Crippen LogP contribution in [0.5, 0.6) is 5.88 Å². The van der Waals surface area contributed by atoms with Crippen molar-refractivity contribution in [2.24, 2.45) is 0 Å². The number of aryl methyl sites for hydroxylation is 1. The third kappa shape index (κ3) is 4.72. The second-order valence-electron chi connectivity index (χ2n) is 7.32. The van der Waals surface area contributed by atoms with Gasteiger partial charge >= 0.3 is 0 Å². The van der Waals surface area contributed by atoms with Crippen LogP contribution in [0.3, 0.4) is 0 Å². The molecule has 2 aromatic heterocycles. The van der Waals surface area contributed by atoms with Crippen LogP contribution in [0.2, 0.25) is 5.02 Å². The number of halogens is 2. The number of benzene rings is 1. The third-order valence-electron chi connectivity index (χ3n) is 4.88. The molecule has 10 heteroatoms. The molecule has 2 amide bonds. The minimum atomic E-state index is -0.380. The molecule has 0 aliphatic heterocycles. The summed E-state index contributed by atoms with van der Waals surface area (Å²) < 4.78 is 18.5. The van der Waals surface area contributed by atoms with Crippen molar-refractivity contribution < 1.29 is 18.7 Å². The van der Waals surface area contributed by atoms with Gasteiger partial charge in [0.2, 0.25) is 5.88 Å². The van der Waals surface area contributed by atoms with E-state index in [2.05, 4.69) is 15.6 Å². The highest BCUT2D eigenvalue weighted by molar-refractivity contribution is 7.21. The van der Waals surface area contributed by atoms with Gasteiger partial charge in [-0.05, 0) is 43.0 Å². The first-order chi connectivity index (χ1) is 14.8. The zero-order valence-electron chi connectivity index (χ0n) is 16.6. The molecule has 31 heavy (non-hydrogen) atoms. The Morgan fingerprint density at radius 3 is 2.71 bits per heavy atom. The van der Waals surface area contributed by atoms with Gasteiger partial charge < -0.3 is 21.1 Å². The second-order valence-corrected chi connectivity index (χ2v) is 8.70. The molecular weight excluding hydrogens is 443 g/mol. The highest BCUT2D eigenvalue weighted by atomic mass is 35.5. The number of amides is 2. The first kappa shape index (κ1) is 21.3. The van der Waals surface area contributed by atoms with E-state index in [9.17, 15) is 14.0 Å². The molecule has 3 aromatic rings. The largest absolute Gasteiger partial charge is 0.466 e. The summed E-state index contributed by atoms with van der Waals surface area (Å²) >= 11 is 7.56. The number of pyridine rings is 1. The van der Waals surface area contributed by atoms with Crippen LogP contribution < -0.4 is 21.1 Å². The molecule has 0 unspecified atom stereocenters. The molecule has 0 spiro atoms. The van der Waals surface area contributed by atoms with Crippen molar-refractivity contribution in [3.05, 3.63) is 51.1 Å². The number of rotatable bonds is 7. The lowest BCUT2D eigenvalue weighted by Gasteiger charge is -2.10. The smallest absolute Gasteiger partial charge is 0.263 e. The molecule has 0 bridgehead atoms. The molecule has 0 saturated heterocycles. The number of anilines is 1. The molecule has 1 aromatic carbocycles. The minimum absolute atomic E-state index is 0.0963. The van der Waals surface area contributed by atoms with E-state index >= 15 is 0 Å². The number of nitrogens with zero attached hydrogens (tertiary/aromatic N) is 1. The molecule has 1 saturated carbocycles. The van der Waals surface area contributed by atoms with E-state index in [1.165, 1.54) is 12.1 Å². The van der Waals surface area contributed by atoms with Crippen LogP contribution in [0.1, 0.15) is 33.6 Å². The average molecular weight is 463 g/mol. The average Bonchev–Trinajstić information content (AvgIpc) is 3.50. The number of fused-ring (bicyclic) bond motifs is 1. The van der Waals surface area contributed by atoms with Crippen molar-refractivity contribution >= 4 is 50.7 Å². The SMILES string of the molecule is Cc1c(Cl)c(OCC(=O)NCc2ccc(F)cc2)nc2sc(C(=O)NC3CC3)c(N)c12. The highest BCUT2D eigenvalue weighted by Crippen LogP contribution is 2.40. The van der Waals surface area contributed by atoms with Crippen LogP contribution in [0.15, 0.2) is 24.3 Å². The van der Waals surface area contributed by atoms with Crippen molar-refractivity contribution in [2.75, 3.05) is 12.3 Å². The monoisotopic (exact) mass is 462 g/mol. The van der Waals surface area contributed by atoms with Gasteiger partial charge in [0, 0.05) is 18.0 Å².